The second kappa shape index (κ2) is 12.6. The lowest BCUT2D eigenvalue weighted by molar-refractivity contribution is -0.129. The van der Waals surface area contributed by atoms with E-state index in [9.17, 15) is 14.4 Å². The van der Waals surface area contributed by atoms with E-state index in [-0.39, 0.29) is 41.2 Å². The Morgan fingerprint density at radius 1 is 0.977 bits per heavy atom. The van der Waals surface area contributed by atoms with E-state index < -0.39 is 6.04 Å². The van der Waals surface area contributed by atoms with Gasteiger partial charge in [-0.25, -0.2) is 4.98 Å². The number of hydrogen-bond acceptors (Lipinski definition) is 6. The summed E-state index contributed by atoms with van der Waals surface area (Å²) in [7, 11) is 12.1. The first-order valence-electron chi connectivity index (χ1n) is 14.5. The molecule has 3 amide bonds. The largest absolute Gasteiger partial charge is 0.497 e. The molecule has 2 saturated heterocycles. The van der Waals surface area contributed by atoms with E-state index in [0.717, 1.165) is 41.0 Å². The summed E-state index contributed by atoms with van der Waals surface area (Å²) in [6, 6.07) is 13.7. The third-order valence-electron chi connectivity index (χ3n) is 8.75. The number of aryl methyl sites for hydroxylation is 1. The number of methoxy groups -OCH3 is 1. The van der Waals surface area contributed by atoms with Crippen LogP contribution in [-0.4, -0.2) is 54.0 Å². The van der Waals surface area contributed by atoms with Crippen LogP contribution in [0.4, 0.5) is 11.6 Å². The number of anilines is 2. The molecule has 8 atom stereocenters. The summed E-state index contributed by atoms with van der Waals surface area (Å²) in [5, 5.41) is 4.66. The van der Waals surface area contributed by atoms with Crippen LogP contribution in [0.15, 0.2) is 48.5 Å². The molecule has 0 spiro atoms. The number of carbonyl (C=O) groups is 3. The molecule has 3 aliphatic rings. The molecule has 2 aromatic carbocycles. The zero-order valence-electron chi connectivity index (χ0n) is 24.5. The Morgan fingerprint density at radius 3 is 2.41 bits per heavy atom. The smallest absolute Gasteiger partial charge is 0.251 e. The number of fused-ring (bicyclic) bond motifs is 1. The second-order valence-corrected chi connectivity index (χ2v) is 14.8. The predicted octanol–water partition coefficient (Wildman–Crippen LogP) is 3.26. The standard InChI is InChI=1S/C31H36N4O5P4/c1-15-12-18(39-2)13-23(42)25(15)20-14-34(27-22(41)10-11-24(32-27)35-21-5-3-4-19(21)29(35)37)30(38)26(20)33-28(36)16-6-8-17(9-7-16)40-31(43)44/h6-13,19-21,26,31H,3-5,14,41-44H2,1-2H3,(H,33,36)/t19?,20-,21?,26-/m0/s1. The first kappa shape index (κ1) is 31.3. The lowest BCUT2D eigenvalue weighted by atomic mass is 9.90. The van der Waals surface area contributed by atoms with Crippen LogP contribution in [-0.2, 0) is 9.59 Å². The van der Waals surface area contributed by atoms with Gasteiger partial charge in [0.15, 0.2) is 0 Å². The van der Waals surface area contributed by atoms with Gasteiger partial charge < -0.3 is 14.8 Å². The number of hydrogen-bond donors (Lipinski definition) is 1. The first-order valence-corrected chi connectivity index (χ1v) is 17.0. The number of pyridine rings is 1. The zero-order chi connectivity index (χ0) is 31.3. The van der Waals surface area contributed by atoms with Crippen molar-refractivity contribution in [3.05, 3.63) is 65.2 Å². The number of carbonyl (C=O) groups excluding carboxylic acids is 3. The van der Waals surface area contributed by atoms with Crippen molar-refractivity contribution in [1.29, 1.82) is 0 Å². The highest BCUT2D eigenvalue weighted by Crippen LogP contribution is 2.43. The summed E-state index contributed by atoms with van der Waals surface area (Å²) in [6.07, 6.45) is 2.92. The number of nitrogens with zero attached hydrogens (tertiary/aromatic N) is 3. The van der Waals surface area contributed by atoms with Gasteiger partial charge in [0.1, 0.15) is 34.8 Å². The van der Waals surface area contributed by atoms with Crippen LogP contribution in [0.5, 0.6) is 11.5 Å². The van der Waals surface area contributed by atoms with Crippen LogP contribution >= 0.6 is 37.0 Å². The van der Waals surface area contributed by atoms with Crippen molar-refractivity contribution >= 4 is 76.9 Å². The fraction of sp³-hybridized carbons (Fsp3) is 0.355. The van der Waals surface area contributed by atoms with Gasteiger partial charge in [0, 0.05) is 29.4 Å². The lowest BCUT2D eigenvalue weighted by Gasteiger charge is -2.43. The molecule has 1 aliphatic carbocycles. The van der Waals surface area contributed by atoms with Crippen LogP contribution in [0.2, 0.25) is 0 Å². The Balaban J connectivity index is 1.34. The molecule has 13 heteroatoms. The first-order chi connectivity index (χ1) is 21.1. The van der Waals surface area contributed by atoms with Crippen LogP contribution in [0.1, 0.15) is 46.7 Å². The van der Waals surface area contributed by atoms with Crippen molar-refractivity contribution in [3.63, 3.8) is 0 Å². The number of ether oxygens (including phenoxy) is 2. The second-order valence-electron chi connectivity index (χ2n) is 11.5. The highest BCUT2D eigenvalue weighted by atomic mass is 31.1. The van der Waals surface area contributed by atoms with Crippen molar-refractivity contribution in [3.8, 4) is 11.5 Å². The van der Waals surface area contributed by atoms with Gasteiger partial charge in [-0.2, -0.15) is 0 Å². The SMILES string of the molecule is COc1cc(C)c([C@@H]2CN(c3nc(N4C(=O)C5CCCC54)ccc3P)C(=O)[C@H]2NC(=O)c2ccc(OC(P)P)cc2)c(P)c1. The highest BCUT2D eigenvalue weighted by Gasteiger charge is 2.51. The predicted molar refractivity (Wildman–Crippen MR) is 186 cm³/mol. The molecule has 3 fully saturated rings. The number of benzene rings is 2. The summed E-state index contributed by atoms with van der Waals surface area (Å²) in [5.41, 5.74) is 2.16. The van der Waals surface area contributed by atoms with E-state index in [2.05, 4.69) is 42.3 Å². The van der Waals surface area contributed by atoms with Gasteiger partial charge >= 0.3 is 0 Å². The van der Waals surface area contributed by atoms with Crippen molar-refractivity contribution < 1.29 is 23.9 Å². The molecular formula is C31H36N4O5P4. The van der Waals surface area contributed by atoms with Gasteiger partial charge in [0.05, 0.1) is 13.0 Å². The van der Waals surface area contributed by atoms with Crippen LogP contribution in [0.25, 0.3) is 0 Å². The Hall–Kier alpha value is -2.68. The molecule has 2 aliphatic heterocycles. The number of aromatic nitrogens is 1. The van der Waals surface area contributed by atoms with Crippen LogP contribution in [0.3, 0.4) is 0 Å². The minimum absolute atomic E-state index is 0.0793. The van der Waals surface area contributed by atoms with Gasteiger partial charge in [0.25, 0.3) is 11.8 Å². The topological polar surface area (TPSA) is 101 Å². The maximum absolute atomic E-state index is 14.3. The van der Waals surface area contributed by atoms with Gasteiger partial charge in [0.2, 0.25) is 5.91 Å². The molecule has 0 radical (unpaired) electrons. The summed E-state index contributed by atoms with van der Waals surface area (Å²) < 4.78 is 11.1. The van der Waals surface area contributed by atoms with Gasteiger partial charge in [-0.15, -0.1) is 18.5 Å². The molecule has 1 N–H and O–H groups in total. The Morgan fingerprint density at radius 2 is 1.73 bits per heavy atom. The number of rotatable bonds is 8. The van der Waals surface area contributed by atoms with E-state index in [1.54, 1.807) is 41.2 Å². The number of amides is 3. The third kappa shape index (κ3) is 5.74. The normalized spacial score (nSPS) is 22.7. The zero-order valence-corrected chi connectivity index (χ0v) is 29.1. The van der Waals surface area contributed by atoms with E-state index >= 15 is 0 Å². The van der Waals surface area contributed by atoms with E-state index in [4.69, 9.17) is 14.5 Å². The average molecular weight is 669 g/mol. The average Bonchev–Trinajstić information content (AvgIpc) is 3.55. The maximum Gasteiger partial charge on any atom is 0.251 e. The van der Waals surface area contributed by atoms with Crippen LogP contribution < -0.4 is 35.2 Å². The summed E-state index contributed by atoms with van der Waals surface area (Å²) >= 11 is 0. The fourth-order valence-corrected chi connectivity index (χ4v) is 7.94. The van der Waals surface area contributed by atoms with Crippen LogP contribution in [0, 0.1) is 12.8 Å². The Kier molecular flexibility index (Phi) is 8.97. The summed E-state index contributed by atoms with van der Waals surface area (Å²) in [5.74, 6) is 1.54. The summed E-state index contributed by atoms with van der Waals surface area (Å²) in [6.45, 7) is 2.28. The van der Waals surface area contributed by atoms with Crippen molar-refractivity contribution in [2.24, 2.45) is 5.92 Å². The molecule has 3 heterocycles. The van der Waals surface area contributed by atoms with E-state index in [1.807, 2.05) is 31.2 Å². The van der Waals surface area contributed by atoms with Gasteiger partial charge in [-0.05, 0) is 84.7 Å². The molecule has 44 heavy (non-hydrogen) atoms. The van der Waals surface area contributed by atoms with Crippen molar-refractivity contribution in [2.75, 3.05) is 23.5 Å². The summed E-state index contributed by atoms with van der Waals surface area (Å²) in [4.78, 5) is 49.0. The van der Waals surface area contributed by atoms with Gasteiger partial charge in [-0.1, -0.05) is 24.9 Å². The third-order valence-corrected chi connectivity index (χ3v) is 9.95. The minimum Gasteiger partial charge on any atom is -0.497 e. The maximum atomic E-state index is 14.3. The molecule has 1 saturated carbocycles. The molecule has 9 nitrogen and oxygen atoms in total. The quantitative estimate of drug-likeness (QED) is 0.293. The number of β-lactam (4-membered cyclic amide) rings is 1. The lowest BCUT2D eigenvalue weighted by Crippen LogP contribution is -2.59. The highest BCUT2D eigenvalue weighted by molar-refractivity contribution is 7.37. The monoisotopic (exact) mass is 668 g/mol. The minimum atomic E-state index is -0.854. The molecule has 0 bridgehead atoms. The Labute approximate surface area is 266 Å². The van der Waals surface area contributed by atoms with Crippen molar-refractivity contribution in [1.82, 2.24) is 10.3 Å². The Bertz CT molecular complexity index is 1610. The van der Waals surface area contributed by atoms with Gasteiger partial charge in [-0.3, -0.25) is 24.2 Å². The van der Waals surface area contributed by atoms with E-state index in [0.29, 0.717) is 35.2 Å². The van der Waals surface area contributed by atoms with E-state index in [1.165, 1.54) is 0 Å². The molecule has 6 unspecified atom stereocenters. The fourth-order valence-electron chi connectivity index (χ4n) is 6.71. The van der Waals surface area contributed by atoms with Crippen molar-refractivity contribution in [2.45, 2.75) is 49.8 Å². The molecule has 3 aromatic rings. The molecular weight excluding hydrogens is 632 g/mol. The molecule has 1 aromatic heterocycles. The molecule has 6 rings (SSSR count). The molecule has 230 valence electrons. The number of nitrogens with one attached hydrogen (secondary N) is 1.